The number of nitrogens with zero attached hydrogens (tertiary/aromatic N) is 2. The third-order valence-corrected chi connectivity index (χ3v) is 4.44. The highest BCUT2D eigenvalue weighted by Crippen LogP contribution is 2.28. The third kappa shape index (κ3) is 2.05. The fourth-order valence-electron chi connectivity index (χ4n) is 2.53. The van der Waals surface area contributed by atoms with Crippen molar-refractivity contribution in [3.63, 3.8) is 0 Å². The van der Waals surface area contributed by atoms with Gasteiger partial charge in [0.2, 0.25) is 0 Å². The van der Waals surface area contributed by atoms with Crippen molar-refractivity contribution in [1.29, 1.82) is 0 Å². The Morgan fingerprint density at radius 3 is 3.10 bits per heavy atom. The van der Waals surface area contributed by atoms with E-state index in [1.165, 1.54) is 16.7 Å². The maximum atomic E-state index is 4.68. The van der Waals surface area contributed by atoms with Crippen LogP contribution in [0.1, 0.15) is 11.1 Å². The molecule has 0 saturated heterocycles. The Kier molecular flexibility index (Phi) is 2.86. The van der Waals surface area contributed by atoms with E-state index in [0.29, 0.717) is 0 Å². The van der Waals surface area contributed by atoms with Gasteiger partial charge in [0.15, 0.2) is 10.8 Å². The van der Waals surface area contributed by atoms with Gasteiger partial charge in [0.25, 0.3) is 0 Å². The van der Waals surface area contributed by atoms with Gasteiger partial charge in [0.1, 0.15) is 0 Å². The van der Waals surface area contributed by atoms with Crippen molar-refractivity contribution >= 4 is 11.3 Å². The molecule has 1 aliphatic rings. The fourth-order valence-corrected chi connectivity index (χ4v) is 3.32. The monoisotopic (exact) mass is 282 g/mol. The zero-order chi connectivity index (χ0) is 13.4. The van der Waals surface area contributed by atoms with Crippen LogP contribution in [0.5, 0.6) is 0 Å². The zero-order valence-electron chi connectivity index (χ0n) is 10.9. The van der Waals surface area contributed by atoms with Crippen LogP contribution in [-0.4, -0.2) is 21.5 Å². The van der Waals surface area contributed by atoms with Gasteiger partial charge in [-0.3, -0.25) is 0 Å². The first kappa shape index (κ1) is 11.8. The molecule has 0 spiro atoms. The summed E-state index contributed by atoms with van der Waals surface area (Å²) in [7, 11) is 0. The molecule has 2 aromatic heterocycles. The first-order chi connectivity index (χ1) is 9.90. The smallest absolute Gasteiger partial charge is 0.166 e. The van der Waals surface area contributed by atoms with Gasteiger partial charge in [0.05, 0.1) is 5.69 Å². The number of hydrogen-bond donors (Lipinski definition) is 2. The van der Waals surface area contributed by atoms with E-state index >= 15 is 0 Å². The van der Waals surface area contributed by atoms with Crippen LogP contribution in [0, 0.1) is 0 Å². The largest absolute Gasteiger partial charge is 0.343 e. The Balaban J connectivity index is 1.71. The molecular weight excluding hydrogens is 268 g/mol. The molecule has 3 heterocycles. The summed E-state index contributed by atoms with van der Waals surface area (Å²) < 4.78 is 0. The van der Waals surface area contributed by atoms with Crippen LogP contribution in [0.3, 0.4) is 0 Å². The van der Waals surface area contributed by atoms with Gasteiger partial charge >= 0.3 is 0 Å². The van der Waals surface area contributed by atoms with Gasteiger partial charge in [-0.25, -0.2) is 9.97 Å². The molecule has 0 bridgehead atoms. The Morgan fingerprint density at radius 2 is 2.20 bits per heavy atom. The molecule has 1 aliphatic heterocycles. The number of thiazole rings is 1. The summed E-state index contributed by atoms with van der Waals surface area (Å²) in [6.45, 7) is 2.04. The Bertz CT molecular complexity index is 730. The molecular formula is C15H14N4S. The molecule has 0 unspecified atom stereocenters. The highest BCUT2D eigenvalue weighted by molar-refractivity contribution is 7.13. The second-order valence-electron chi connectivity index (χ2n) is 4.89. The number of aromatic nitrogens is 3. The molecule has 5 heteroatoms. The molecule has 20 heavy (non-hydrogen) atoms. The number of H-pyrrole nitrogens is 1. The molecule has 4 rings (SSSR count). The van der Waals surface area contributed by atoms with Gasteiger partial charge in [-0.15, -0.1) is 11.3 Å². The minimum Gasteiger partial charge on any atom is -0.343 e. The van der Waals surface area contributed by atoms with Crippen LogP contribution in [0.4, 0.5) is 0 Å². The molecule has 0 aliphatic carbocycles. The molecule has 0 amide bonds. The van der Waals surface area contributed by atoms with E-state index in [2.05, 4.69) is 43.8 Å². The van der Waals surface area contributed by atoms with Crippen LogP contribution in [0.15, 0.2) is 36.0 Å². The number of benzene rings is 1. The van der Waals surface area contributed by atoms with Crippen molar-refractivity contribution in [1.82, 2.24) is 20.3 Å². The van der Waals surface area contributed by atoms with E-state index in [0.717, 1.165) is 36.0 Å². The van der Waals surface area contributed by atoms with Crippen LogP contribution in [0.25, 0.3) is 22.1 Å². The van der Waals surface area contributed by atoms with Gasteiger partial charge in [0, 0.05) is 29.9 Å². The number of rotatable bonds is 2. The van der Waals surface area contributed by atoms with Crippen LogP contribution >= 0.6 is 11.3 Å². The SMILES string of the molecule is c1c[nH]c(-c2nc(-c3ccc4c(c3)CCNC4)cs2)n1. The lowest BCUT2D eigenvalue weighted by molar-refractivity contribution is 0.644. The summed E-state index contributed by atoms with van der Waals surface area (Å²) in [4.78, 5) is 12.0. The van der Waals surface area contributed by atoms with Crippen LogP contribution < -0.4 is 5.32 Å². The molecule has 0 saturated carbocycles. The van der Waals surface area contributed by atoms with Crippen molar-refractivity contribution in [2.24, 2.45) is 0 Å². The number of aromatic amines is 1. The zero-order valence-corrected chi connectivity index (χ0v) is 11.7. The summed E-state index contributed by atoms with van der Waals surface area (Å²) in [5.74, 6) is 0.836. The second kappa shape index (κ2) is 4.85. The maximum absolute atomic E-state index is 4.68. The molecule has 1 aromatic carbocycles. The number of hydrogen-bond acceptors (Lipinski definition) is 4. The summed E-state index contributed by atoms with van der Waals surface area (Å²) in [6, 6.07) is 6.65. The first-order valence-corrected chi connectivity index (χ1v) is 7.56. The predicted octanol–water partition coefficient (Wildman–Crippen LogP) is 2.85. The summed E-state index contributed by atoms with van der Waals surface area (Å²) in [6.07, 6.45) is 4.67. The number of fused-ring (bicyclic) bond motifs is 1. The summed E-state index contributed by atoms with van der Waals surface area (Å²) in [5.41, 5.74) is 5.07. The Hall–Kier alpha value is -1.98. The molecule has 4 nitrogen and oxygen atoms in total. The van der Waals surface area contributed by atoms with Gasteiger partial charge < -0.3 is 10.3 Å². The normalized spacial score (nSPS) is 14.2. The van der Waals surface area contributed by atoms with Crippen LogP contribution in [-0.2, 0) is 13.0 Å². The van der Waals surface area contributed by atoms with E-state index in [9.17, 15) is 0 Å². The highest BCUT2D eigenvalue weighted by Gasteiger charge is 2.12. The first-order valence-electron chi connectivity index (χ1n) is 6.68. The summed E-state index contributed by atoms with van der Waals surface area (Å²) >= 11 is 1.62. The number of nitrogens with one attached hydrogen (secondary N) is 2. The second-order valence-corrected chi connectivity index (χ2v) is 5.74. The Morgan fingerprint density at radius 1 is 1.20 bits per heavy atom. The van der Waals surface area contributed by atoms with E-state index in [-0.39, 0.29) is 0 Å². The molecule has 0 radical (unpaired) electrons. The lowest BCUT2D eigenvalue weighted by Gasteiger charge is -2.17. The molecule has 3 aromatic rings. The highest BCUT2D eigenvalue weighted by atomic mass is 32.1. The van der Waals surface area contributed by atoms with Crippen molar-refractivity contribution in [2.75, 3.05) is 6.54 Å². The average molecular weight is 282 g/mol. The topological polar surface area (TPSA) is 53.6 Å². The van der Waals surface area contributed by atoms with E-state index in [1.54, 1.807) is 17.5 Å². The molecule has 0 atom stereocenters. The predicted molar refractivity (Wildman–Crippen MR) is 80.5 cm³/mol. The lowest BCUT2D eigenvalue weighted by Crippen LogP contribution is -2.23. The van der Waals surface area contributed by atoms with Gasteiger partial charge in [-0.2, -0.15) is 0 Å². The van der Waals surface area contributed by atoms with E-state index < -0.39 is 0 Å². The summed E-state index contributed by atoms with van der Waals surface area (Å²) in [5, 5.41) is 6.43. The fraction of sp³-hybridized carbons (Fsp3) is 0.200. The quantitative estimate of drug-likeness (QED) is 0.760. The van der Waals surface area contributed by atoms with Crippen molar-refractivity contribution in [3.05, 3.63) is 47.1 Å². The third-order valence-electron chi connectivity index (χ3n) is 3.59. The lowest BCUT2D eigenvalue weighted by atomic mass is 9.98. The minimum atomic E-state index is 0.836. The molecule has 100 valence electrons. The van der Waals surface area contributed by atoms with Crippen LogP contribution in [0.2, 0.25) is 0 Å². The van der Waals surface area contributed by atoms with E-state index in [4.69, 9.17) is 0 Å². The van der Waals surface area contributed by atoms with Crippen molar-refractivity contribution < 1.29 is 0 Å². The standard InChI is InChI=1S/C15H14N4S/c1-2-12-8-16-4-3-10(12)7-11(1)13-9-20-15(19-13)14-17-5-6-18-14/h1-2,5-7,9,16H,3-4,8H2,(H,17,18). The average Bonchev–Trinajstić information content (AvgIpc) is 3.17. The molecule has 2 N–H and O–H groups in total. The van der Waals surface area contributed by atoms with Crippen molar-refractivity contribution in [2.45, 2.75) is 13.0 Å². The van der Waals surface area contributed by atoms with E-state index in [1.807, 2.05) is 6.20 Å². The van der Waals surface area contributed by atoms with Gasteiger partial charge in [-0.05, 0) is 30.2 Å². The number of imidazole rings is 1. The van der Waals surface area contributed by atoms with Crippen molar-refractivity contribution in [3.8, 4) is 22.1 Å². The van der Waals surface area contributed by atoms with Gasteiger partial charge in [-0.1, -0.05) is 12.1 Å². The molecule has 0 fully saturated rings. The maximum Gasteiger partial charge on any atom is 0.166 e. The Labute approximate surface area is 120 Å². The minimum absolute atomic E-state index is 0.836.